The van der Waals surface area contributed by atoms with Crippen molar-refractivity contribution in [2.24, 2.45) is 11.3 Å². The zero-order valence-corrected chi connectivity index (χ0v) is 21.9. The number of hydrogen-bond acceptors (Lipinski definition) is 4. The number of nitrogens with one attached hydrogen (secondary N) is 1. The number of phenols is 2. The predicted molar refractivity (Wildman–Crippen MR) is 145 cm³/mol. The van der Waals surface area contributed by atoms with Crippen molar-refractivity contribution in [2.75, 3.05) is 0 Å². The zero-order valence-electron chi connectivity index (χ0n) is 21.9. The first kappa shape index (κ1) is 24.5. The smallest absolute Gasteiger partial charge is 0.164 e. The van der Waals surface area contributed by atoms with Gasteiger partial charge in [-0.1, -0.05) is 37.6 Å². The molecule has 2 aliphatic rings. The molecule has 5 heteroatoms. The van der Waals surface area contributed by atoms with Gasteiger partial charge in [0.1, 0.15) is 11.4 Å². The van der Waals surface area contributed by atoms with Gasteiger partial charge in [0.2, 0.25) is 0 Å². The third kappa shape index (κ3) is 4.30. The average molecular weight is 488 g/mol. The van der Waals surface area contributed by atoms with E-state index in [4.69, 9.17) is 4.74 Å². The van der Waals surface area contributed by atoms with E-state index in [1.807, 2.05) is 24.3 Å². The normalized spacial score (nSPS) is 24.8. The van der Waals surface area contributed by atoms with Crippen molar-refractivity contribution in [1.82, 2.24) is 4.98 Å². The molecule has 0 amide bonds. The standard InChI is InChI=1S/C31H37NO4/c1-18(2)6-9-22-17-23-24(32-22)13-20(14-25(23)33)8-7-19-12-21-16-27-30(3,4)28(35)10-11-31(27,5)36-29(21)26(34)15-19/h6-8,12-15,17,27-28,32-35H,9-11,16H2,1-5H3/b8-7+/t27-,28-,31-/m1/s1. The Morgan fingerprint density at radius 3 is 2.44 bits per heavy atom. The summed E-state index contributed by atoms with van der Waals surface area (Å²) in [5.41, 5.74) is 5.23. The van der Waals surface area contributed by atoms with Crippen molar-refractivity contribution in [3.63, 3.8) is 0 Å². The molecule has 3 atom stereocenters. The number of phenolic OH excluding ortho intramolecular Hbond substituents is 2. The van der Waals surface area contributed by atoms with Gasteiger partial charge in [0.15, 0.2) is 11.5 Å². The molecule has 1 aliphatic heterocycles. The number of benzene rings is 2. The summed E-state index contributed by atoms with van der Waals surface area (Å²) in [6.45, 7) is 10.5. The van der Waals surface area contributed by atoms with Gasteiger partial charge in [-0.2, -0.15) is 0 Å². The molecular weight excluding hydrogens is 450 g/mol. The number of aliphatic hydroxyl groups is 1. The van der Waals surface area contributed by atoms with Gasteiger partial charge in [0, 0.05) is 28.9 Å². The summed E-state index contributed by atoms with van der Waals surface area (Å²) in [6, 6.07) is 9.57. The number of aliphatic hydroxyl groups excluding tert-OH is 1. The summed E-state index contributed by atoms with van der Waals surface area (Å²) in [5.74, 6) is 1.09. The molecule has 0 saturated heterocycles. The molecule has 0 radical (unpaired) electrons. The van der Waals surface area contributed by atoms with E-state index in [2.05, 4.69) is 51.7 Å². The zero-order chi connectivity index (χ0) is 25.8. The molecule has 1 aromatic heterocycles. The van der Waals surface area contributed by atoms with Gasteiger partial charge in [-0.3, -0.25) is 0 Å². The van der Waals surface area contributed by atoms with Crippen LogP contribution in [0.4, 0.5) is 0 Å². The second-order valence-corrected chi connectivity index (χ2v) is 11.7. The van der Waals surface area contributed by atoms with E-state index in [1.165, 1.54) is 5.57 Å². The number of H-pyrrole nitrogens is 1. The molecule has 2 heterocycles. The maximum atomic E-state index is 10.8. The Hall–Kier alpha value is -3.18. The van der Waals surface area contributed by atoms with E-state index in [9.17, 15) is 15.3 Å². The van der Waals surface area contributed by atoms with Crippen LogP contribution in [0.2, 0.25) is 0 Å². The Morgan fingerprint density at radius 1 is 1.03 bits per heavy atom. The number of aromatic nitrogens is 1. The minimum atomic E-state index is -0.405. The van der Waals surface area contributed by atoms with Crippen LogP contribution in [0.1, 0.15) is 69.8 Å². The molecule has 1 aliphatic carbocycles. The molecule has 1 fully saturated rings. The Bertz CT molecular complexity index is 1370. The third-order valence-corrected chi connectivity index (χ3v) is 8.33. The summed E-state index contributed by atoms with van der Waals surface area (Å²) in [4.78, 5) is 3.41. The fraction of sp³-hybridized carbons (Fsp3) is 0.419. The van der Waals surface area contributed by atoms with Crippen molar-refractivity contribution >= 4 is 23.1 Å². The average Bonchev–Trinajstić information content (AvgIpc) is 3.23. The summed E-state index contributed by atoms with van der Waals surface area (Å²) in [6.07, 6.45) is 8.69. The molecular formula is C31H37NO4. The van der Waals surface area contributed by atoms with E-state index >= 15 is 0 Å². The lowest BCUT2D eigenvalue weighted by molar-refractivity contribution is -0.138. The van der Waals surface area contributed by atoms with Gasteiger partial charge in [-0.25, -0.2) is 0 Å². The highest BCUT2D eigenvalue weighted by molar-refractivity contribution is 5.89. The Kier molecular flexibility index (Phi) is 5.95. The number of allylic oxidation sites excluding steroid dienone is 2. The number of ether oxygens (including phenoxy) is 1. The lowest BCUT2D eigenvalue weighted by Gasteiger charge is -2.55. The molecule has 0 unspecified atom stereocenters. The van der Waals surface area contributed by atoms with Gasteiger partial charge >= 0.3 is 0 Å². The van der Waals surface area contributed by atoms with E-state index in [1.54, 1.807) is 12.1 Å². The van der Waals surface area contributed by atoms with Gasteiger partial charge in [-0.05, 0) is 92.5 Å². The monoisotopic (exact) mass is 487 g/mol. The predicted octanol–water partition coefficient (Wildman–Crippen LogP) is 6.75. The fourth-order valence-corrected chi connectivity index (χ4v) is 6.12. The number of aromatic amines is 1. The molecule has 4 N–H and O–H groups in total. The molecule has 36 heavy (non-hydrogen) atoms. The quantitative estimate of drug-likeness (QED) is 0.242. The highest BCUT2D eigenvalue weighted by Crippen LogP contribution is 2.54. The molecule has 1 saturated carbocycles. The number of hydrogen-bond donors (Lipinski definition) is 4. The molecule has 5 nitrogen and oxygen atoms in total. The summed E-state index contributed by atoms with van der Waals surface area (Å²) < 4.78 is 6.43. The summed E-state index contributed by atoms with van der Waals surface area (Å²) in [7, 11) is 0. The van der Waals surface area contributed by atoms with E-state index < -0.39 is 5.60 Å². The van der Waals surface area contributed by atoms with Gasteiger partial charge in [0.05, 0.1) is 6.10 Å². The van der Waals surface area contributed by atoms with Crippen molar-refractivity contribution in [2.45, 2.75) is 72.0 Å². The van der Waals surface area contributed by atoms with Crippen LogP contribution in [0.3, 0.4) is 0 Å². The first-order valence-electron chi connectivity index (χ1n) is 12.9. The maximum absolute atomic E-state index is 10.8. The highest BCUT2D eigenvalue weighted by atomic mass is 16.5. The summed E-state index contributed by atoms with van der Waals surface area (Å²) in [5, 5.41) is 32.9. The van der Waals surface area contributed by atoms with Crippen LogP contribution < -0.4 is 4.74 Å². The van der Waals surface area contributed by atoms with Gasteiger partial charge < -0.3 is 25.0 Å². The van der Waals surface area contributed by atoms with Crippen LogP contribution in [-0.2, 0) is 12.8 Å². The van der Waals surface area contributed by atoms with Crippen molar-refractivity contribution < 1.29 is 20.1 Å². The molecule has 0 bridgehead atoms. The van der Waals surface area contributed by atoms with E-state index in [-0.39, 0.29) is 28.9 Å². The van der Waals surface area contributed by atoms with Crippen molar-refractivity contribution in [1.29, 1.82) is 0 Å². The van der Waals surface area contributed by atoms with E-state index in [0.29, 0.717) is 12.2 Å². The molecule has 3 aromatic rings. The van der Waals surface area contributed by atoms with Crippen LogP contribution in [0, 0.1) is 11.3 Å². The van der Waals surface area contributed by atoms with Crippen LogP contribution >= 0.6 is 0 Å². The largest absolute Gasteiger partial charge is 0.507 e. The van der Waals surface area contributed by atoms with Crippen LogP contribution in [0.15, 0.2) is 42.0 Å². The number of aromatic hydroxyl groups is 2. The minimum absolute atomic E-state index is 0.141. The molecule has 0 spiro atoms. The second-order valence-electron chi connectivity index (χ2n) is 11.7. The minimum Gasteiger partial charge on any atom is -0.507 e. The SMILES string of the molecule is CC(C)=CCc1cc2c(O)cc(/C=C/c3cc(O)c4c(c3)C[C@@H]3C(C)(C)[C@H](O)CC[C@@]3(C)O4)cc2[nH]1. The second kappa shape index (κ2) is 8.74. The Morgan fingerprint density at radius 2 is 1.72 bits per heavy atom. The summed E-state index contributed by atoms with van der Waals surface area (Å²) >= 11 is 0. The molecule has 5 rings (SSSR count). The maximum Gasteiger partial charge on any atom is 0.164 e. The number of rotatable bonds is 4. The molecule has 2 aromatic carbocycles. The fourth-order valence-electron chi connectivity index (χ4n) is 6.12. The number of fused-ring (bicyclic) bond motifs is 3. The van der Waals surface area contributed by atoms with Gasteiger partial charge in [0.25, 0.3) is 0 Å². The molecule has 190 valence electrons. The topological polar surface area (TPSA) is 85.7 Å². The van der Waals surface area contributed by atoms with Crippen molar-refractivity contribution in [3.05, 3.63) is 64.4 Å². The van der Waals surface area contributed by atoms with E-state index in [0.717, 1.165) is 52.5 Å². The third-order valence-electron chi connectivity index (χ3n) is 8.33. The first-order valence-corrected chi connectivity index (χ1v) is 12.9. The van der Waals surface area contributed by atoms with Crippen molar-refractivity contribution in [3.8, 4) is 17.2 Å². The van der Waals surface area contributed by atoms with Crippen LogP contribution in [0.5, 0.6) is 17.2 Å². The Labute approximate surface area is 213 Å². The Balaban J connectivity index is 1.44. The van der Waals surface area contributed by atoms with Gasteiger partial charge in [-0.15, -0.1) is 0 Å². The lowest BCUT2D eigenvalue weighted by atomic mass is 9.57. The highest BCUT2D eigenvalue weighted by Gasteiger charge is 2.54. The lowest BCUT2D eigenvalue weighted by Crippen LogP contribution is -2.58. The first-order chi connectivity index (χ1) is 17.0. The van der Waals surface area contributed by atoms with Crippen LogP contribution in [-0.4, -0.2) is 32.0 Å². The van der Waals surface area contributed by atoms with Crippen LogP contribution in [0.25, 0.3) is 23.1 Å².